The van der Waals surface area contributed by atoms with E-state index in [9.17, 15) is 0 Å². The fraction of sp³-hybridized carbons (Fsp3) is 0.667. The zero-order chi connectivity index (χ0) is 10.2. The molecule has 0 saturated heterocycles. The van der Waals surface area contributed by atoms with Crippen LogP contribution in [0.25, 0.3) is 0 Å². The van der Waals surface area contributed by atoms with E-state index < -0.39 is 0 Å². The van der Waals surface area contributed by atoms with Crippen molar-refractivity contribution in [2.24, 2.45) is 10.7 Å². The highest BCUT2D eigenvalue weighted by Crippen LogP contribution is 1.94. The Hall–Kier alpha value is -1.39. The van der Waals surface area contributed by atoms with Crippen molar-refractivity contribution in [3.63, 3.8) is 0 Å². The lowest BCUT2D eigenvalue weighted by atomic mass is 10.3. The number of nitrogens with zero attached hydrogens (tertiary/aromatic N) is 3. The van der Waals surface area contributed by atoms with E-state index in [4.69, 9.17) is 5.73 Å². The fourth-order valence-corrected chi connectivity index (χ4v) is 1.16. The Morgan fingerprint density at radius 1 is 1.64 bits per heavy atom. The summed E-state index contributed by atoms with van der Waals surface area (Å²) in [6.07, 6.45) is 5.30. The maximum Gasteiger partial charge on any atom is 0.137 e. The molecule has 0 aromatic carbocycles. The minimum atomic E-state index is 0.755. The maximum absolute atomic E-state index is 5.66. The van der Waals surface area contributed by atoms with Crippen LogP contribution in [0.1, 0.15) is 32.0 Å². The van der Waals surface area contributed by atoms with E-state index in [1.807, 2.05) is 0 Å². The average Bonchev–Trinajstić information content (AvgIpc) is 2.65. The molecule has 0 spiro atoms. The van der Waals surface area contributed by atoms with Crippen molar-refractivity contribution in [3.8, 4) is 0 Å². The molecule has 0 aliphatic rings. The van der Waals surface area contributed by atoms with Gasteiger partial charge in [0.2, 0.25) is 0 Å². The summed E-state index contributed by atoms with van der Waals surface area (Å²) in [5.74, 6) is 1.67. The van der Waals surface area contributed by atoms with Gasteiger partial charge in [-0.05, 0) is 12.8 Å². The Morgan fingerprint density at radius 2 is 2.50 bits per heavy atom. The van der Waals surface area contributed by atoms with Crippen molar-refractivity contribution >= 4 is 5.84 Å². The van der Waals surface area contributed by atoms with E-state index >= 15 is 0 Å². The predicted molar refractivity (Wildman–Crippen MR) is 56.1 cm³/mol. The molecule has 1 aromatic rings. The molecule has 5 heteroatoms. The number of nitrogens with one attached hydrogen (secondary N) is 1. The maximum atomic E-state index is 5.66. The van der Waals surface area contributed by atoms with Crippen molar-refractivity contribution < 1.29 is 0 Å². The highest BCUT2D eigenvalue weighted by atomic mass is 15.2. The highest BCUT2D eigenvalue weighted by molar-refractivity contribution is 5.80. The molecule has 1 rings (SSSR count). The molecule has 78 valence electrons. The summed E-state index contributed by atoms with van der Waals surface area (Å²) in [4.78, 5) is 8.27. The molecule has 5 nitrogen and oxygen atoms in total. The molecule has 3 N–H and O–H groups in total. The molecule has 0 radical (unpaired) electrons. The number of rotatable bonds is 6. The largest absolute Gasteiger partial charge is 0.387 e. The van der Waals surface area contributed by atoms with E-state index in [0.717, 1.165) is 43.9 Å². The van der Waals surface area contributed by atoms with Crippen molar-refractivity contribution in [2.75, 3.05) is 6.54 Å². The van der Waals surface area contributed by atoms with Crippen LogP contribution in [0.15, 0.2) is 11.3 Å². The molecule has 0 amide bonds. The van der Waals surface area contributed by atoms with Crippen molar-refractivity contribution in [1.82, 2.24) is 15.2 Å². The number of nitrogens with two attached hydrogens (primary N) is 1. The number of amidine groups is 1. The minimum Gasteiger partial charge on any atom is -0.387 e. The van der Waals surface area contributed by atoms with Crippen LogP contribution < -0.4 is 5.73 Å². The van der Waals surface area contributed by atoms with Crippen molar-refractivity contribution in [3.05, 3.63) is 12.2 Å². The number of aromatic amines is 1. The molecule has 0 saturated carbocycles. The first-order chi connectivity index (χ1) is 6.83. The summed E-state index contributed by atoms with van der Waals surface area (Å²) in [6.45, 7) is 2.86. The van der Waals surface area contributed by atoms with E-state index in [1.165, 1.54) is 6.33 Å². The Morgan fingerprint density at radius 3 is 3.14 bits per heavy atom. The van der Waals surface area contributed by atoms with E-state index in [-0.39, 0.29) is 0 Å². The van der Waals surface area contributed by atoms with Gasteiger partial charge in [0.05, 0.1) is 5.84 Å². The third-order valence-electron chi connectivity index (χ3n) is 1.86. The number of hydrogen-bond donors (Lipinski definition) is 2. The van der Waals surface area contributed by atoms with Crippen LogP contribution in [-0.2, 0) is 6.42 Å². The number of hydrogen-bond acceptors (Lipinski definition) is 3. The SMILES string of the molecule is CCCC(N)=NCCCc1ncn[nH]1. The van der Waals surface area contributed by atoms with Gasteiger partial charge in [0.1, 0.15) is 12.2 Å². The van der Waals surface area contributed by atoms with Gasteiger partial charge < -0.3 is 5.73 Å². The Bertz CT molecular complexity index is 265. The molecule has 0 fully saturated rings. The van der Waals surface area contributed by atoms with Crippen LogP contribution in [0.2, 0.25) is 0 Å². The van der Waals surface area contributed by atoms with Crippen LogP contribution in [0, 0.1) is 0 Å². The molecule has 1 aromatic heterocycles. The highest BCUT2D eigenvalue weighted by Gasteiger charge is 1.94. The van der Waals surface area contributed by atoms with Gasteiger partial charge in [-0.3, -0.25) is 10.1 Å². The van der Waals surface area contributed by atoms with Gasteiger partial charge in [0.25, 0.3) is 0 Å². The zero-order valence-electron chi connectivity index (χ0n) is 8.53. The van der Waals surface area contributed by atoms with Crippen molar-refractivity contribution in [1.29, 1.82) is 0 Å². The molecular weight excluding hydrogens is 178 g/mol. The zero-order valence-corrected chi connectivity index (χ0v) is 8.53. The number of aliphatic imine (C=N–C) groups is 1. The molecule has 0 atom stereocenters. The standard InChI is InChI=1S/C9H17N5/c1-2-4-8(10)11-6-3-5-9-12-7-13-14-9/h7H,2-6H2,1H3,(H2,10,11)(H,12,13,14). The van der Waals surface area contributed by atoms with Crippen molar-refractivity contribution in [2.45, 2.75) is 32.6 Å². The predicted octanol–water partition coefficient (Wildman–Crippen LogP) is 0.895. The van der Waals surface area contributed by atoms with Gasteiger partial charge in [-0.25, -0.2) is 4.98 Å². The number of aromatic nitrogens is 3. The van der Waals surface area contributed by atoms with E-state index in [0.29, 0.717) is 0 Å². The molecule has 0 unspecified atom stereocenters. The van der Waals surface area contributed by atoms with Crippen LogP contribution in [0.5, 0.6) is 0 Å². The Balaban J connectivity index is 2.13. The topological polar surface area (TPSA) is 79.9 Å². The van der Waals surface area contributed by atoms with Gasteiger partial charge in [0, 0.05) is 19.4 Å². The molecule has 0 aliphatic heterocycles. The second kappa shape index (κ2) is 6.12. The molecule has 1 heterocycles. The fourth-order valence-electron chi connectivity index (χ4n) is 1.16. The Labute approximate surface area is 83.8 Å². The second-order valence-corrected chi connectivity index (χ2v) is 3.16. The lowest BCUT2D eigenvalue weighted by Crippen LogP contribution is -2.11. The summed E-state index contributed by atoms with van der Waals surface area (Å²) in [7, 11) is 0. The second-order valence-electron chi connectivity index (χ2n) is 3.16. The Kier molecular flexibility index (Phi) is 4.68. The lowest BCUT2D eigenvalue weighted by molar-refractivity contribution is 0.781. The normalized spacial score (nSPS) is 11.9. The summed E-state index contributed by atoms with van der Waals surface area (Å²) in [6, 6.07) is 0. The van der Waals surface area contributed by atoms with Crippen LogP contribution in [0.3, 0.4) is 0 Å². The van der Waals surface area contributed by atoms with Crippen LogP contribution in [0.4, 0.5) is 0 Å². The summed E-state index contributed by atoms with van der Waals surface area (Å²) in [5, 5.41) is 6.58. The third-order valence-corrected chi connectivity index (χ3v) is 1.86. The molecule has 14 heavy (non-hydrogen) atoms. The first kappa shape index (κ1) is 10.7. The average molecular weight is 195 g/mol. The summed E-state index contributed by atoms with van der Waals surface area (Å²) in [5.41, 5.74) is 5.66. The van der Waals surface area contributed by atoms with E-state index in [2.05, 4.69) is 27.1 Å². The lowest BCUT2D eigenvalue weighted by Gasteiger charge is -1.97. The minimum absolute atomic E-state index is 0.755. The first-order valence-electron chi connectivity index (χ1n) is 4.96. The van der Waals surface area contributed by atoms with Gasteiger partial charge in [-0.1, -0.05) is 6.92 Å². The third kappa shape index (κ3) is 4.02. The van der Waals surface area contributed by atoms with Gasteiger partial charge in [-0.15, -0.1) is 0 Å². The molecular formula is C9H17N5. The quantitative estimate of drug-likeness (QED) is 0.402. The number of aryl methyl sites for hydroxylation is 1. The summed E-state index contributed by atoms with van der Waals surface area (Å²) < 4.78 is 0. The molecule has 0 aliphatic carbocycles. The summed E-state index contributed by atoms with van der Waals surface area (Å²) >= 11 is 0. The number of H-pyrrole nitrogens is 1. The first-order valence-corrected chi connectivity index (χ1v) is 4.96. The van der Waals surface area contributed by atoms with Gasteiger partial charge >= 0.3 is 0 Å². The van der Waals surface area contributed by atoms with Gasteiger partial charge in [-0.2, -0.15) is 5.10 Å². The van der Waals surface area contributed by atoms with Crippen LogP contribution >= 0.6 is 0 Å². The van der Waals surface area contributed by atoms with Gasteiger partial charge in [0.15, 0.2) is 0 Å². The van der Waals surface area contributed by atoms with Crippen LogP contribution in [-0.4, -0.2) is 27.6 Å². The molecule has 0 bridgehead atoms. The smallest absolute Gasteiger partial charge is 0.137 e. The monoisotopic (exact) mass is 195 g/mol. The van der Waals surface area contributed by atoms with E-state index in [1.54, 1.807) is 0 Å².